The van der Waals surface area contributed by atoms with Crippen LogP contribution in [-0.4, -0.2) is 47.1 Å². The Morgan fingerprint density at radius 3 is 2.89 bits per heavy atom. The van der Waals surface area contributed by atoms with Crippen LogP contribution in [0.3, 0.4) is 0 Å². The van der Waals surface area contributed by atoms with Crippen LogP contribution in [0.1, 0.15) is 23.2 Å². The van der Waals surface area contributed by atoms with E-state index in [0.29, 0.717) is 11.7 Å². The average Bonchev–Trinajstić information content (AvgIpc) is 2.68. The number of halogens is 1. The van der Waals surface area contributed by atoms with E-state index in [1.165, 1.54) is 11.1 Å². The highest BCUT2D eigenvalue weighted by Crippen LogP contribution is 2.29. The molecule has 27 heavy (non-hydrogen) atoms. The van der Waals surface area contributed by atoms with Crippen LogP contribution in [0.15, 0.2) is 30.3 Å². The number of aromatic nitrogens is 2. The van der Waals surface area contributed by atoms with Crippen LogP contribution in [-0.2, 0) is 19.5 Å². The monoisotopic (exact) mass is 382 g/mol. The van der Waals surface area contributed by atoms with E-state index in [1.807, 2.05) is 6.07 Å². The maximum atomic E-state index is 9.00. The molecule has 1 atom stereocenters. The third kappa shape index (κ3) is 4.22. The van der Waals surface area contributed by atoms with Gasteiger partial charge in [0.25, 0.3) is 0 Å². The summed E-state index contributed by atoms with van der Waals surface area (Å²) >= 11 is 6.27. The molecule has 0 radical (unpaired) electrons. The summed E-state index contributed by atoms with van der Waals surface area (Å²) in [5.41, 5.74) is 3.55. The summed E-state index contributed by atoms with van der Waals surface area (Å²) in [4.78, 5) is 13.8. The molecule has 1 fully saturated rings. The lowest BCUT2D eigenvalue weighted by atomic mass is 10.0. The number of nitrogens with zero attached hydrogens (tertiary/aromatic N) is 5. The SMILES string of the molecule is N#CCC1CN(c2nc(Cl)nc3c2CCN(Cc2ccccc2)C3)CCN1. The van der Waals surface area contributed by atoms with Crippen LogP contribution in [0.25, 0.3) is 0 Å². The zero-order chi connectivity index (χ0) is 18.6. The first kappa shape index (κ1) is 18.2. The Balaban J connectivity index is 1.54. The highest BCUT2D eigenvalue weighted by Gasteiger charge is 2.27. The van der Waals surface area contributed by atoms with Crippen molar-refractivity contribution >= 4 is 17.4 Å². The quantitative estimate of drug-likeness (QED) is 0.819. The van der Waals surface area contributed by atoms with Crippen LogP contribution in [0.2, 0.25) is 5.28 Å². The Hall–Kier alpha value is -2.20. The van der Waals surface area contributed by atoms with E-state index >= 15 is 0 Å². The molecule has 2 aliphatic rings. The van der Waals surface area contributed by atoms with Crippen molar-refractivity contribution in [1.29, 1.82) is 5.26 Å². The topological polar surface area (TPSA) is 68.1 Å². The molecule has 0 bridgehead atoms. The number of nitrogens with one attached hydrogen (secondary N) is 1. The van der Waals surface area contributed by atoms with Gasteiger partial charge in [-0.25, -0.2) is 9.97 Å². The molecular weight excluding hydrogens is 360 g/mol. The van der Waals surface area contributed by atoms with Crippen molar-refractivity contribution in [3.63, 3.8) is 0 Å². The Labute approximate surface area is 164 Å². The number of hydrogen-bond donors (Lipinski definition) is 1. The molecule has 1 N–H and O–H groups in total. The number of anilines is 1. The lowest BCUT2D eigenvalue weighted by Gasteiger charge is -2.36. The first-order valence-electron chi connectivity index (χ1n) is 9.40. The van der Waals surface area contributed by atoms with Gasteiger partial charge >= 0.3 is 0 Å². The van der Waals surface area contributed by atoms with E-state index in [0.717, 1.165) is 57.2 Å². The smallest absolute Gasteiger partial charge is 0.224 e. The van der Waals surface area contributed by atoms with Crippen molar-refractivity contribution in [2.75, 3.05) is 31.1 Å². The van der Waals surface area contributed by atoms with Gasteiger partial charge in [-0.2, -0.15) is 5.26 Å². The highest BCUT2D eigenvalue weighted by molar-refractivity contribution is 6.28. The number of hydrogen-bond acceptors (Lipinski definition) is 6. The fourth-order valence-corrected chi connectivity index (χ4v) is 4.12. The molecule has 3 heterocycles. The minimum atomic E-state index is 0.173. The molecule has 0 saturated carbocycles. The second kappa shape index (κ2) is 8.22. The maximum absolute atomic E-state index is 9.00. The summed E-state index contributed by atoms with van der Waals surface area (Å²) < 4.78 is 0. The molecule has 1 unspecified atom stereocenters. The summed E-state index contributed by atoms with van der Waals surface area (Å²) in [5.74, 6) is 0.953. The van der Waals surface area contributed by atoms with Crippen LogP contribution < -0.4 is 10.2 Å². The summed E-state index contributed by atoms with van der Waals surface area (Å²) in [6.07, 6.45) is 1.42. The van der Waals surface area contributed by atoms with E-state index in [4.69, 9.17) is 16.9 Å². The van der Waals surface area contributed by atoms with Gasteiger partial charge < -0.3 is 10.2 Å². The van der Waals surface area contributed by atoms with Gasteiger partial charge in [-0.15, -0.1) is 0 Å². The van der Waals surface area contributed by atoms with Crippen LogP contribution >= 0.6 is 11.6 Å². The van der Waals surface area contributed by atoms with Gasteiger partial charge in [-0.3, -0.25) is 4.90 Å². The molecule has 2 aliphatic heterocycles. The Morgan fingerprint density at radius 1 is 1.22 bits per heavy atom. The maximum Gasteiger partial charge on any atom is 0.224 e. The molecule has 7 heteroatoms. The van der Waals surface area contributed by atoms with Crippen molar-refractivity contribution in [3.8, 4) is 6.07 Å². The molecular formula is C20H23ClN6. The minimum Gasteiger partial charge on any atom is -0.353 e. The minimum absolute atomic E-state index is 0.173. The van der Waals surface area contributed by atoms with Gasteiger partial charge in [0.2, 0.25) is 5.28 Å². The average molecular weight is 383 g/mol. The van der Waals surface area contributed by atoms with Gasteiger partial charge in [-0.05, 0) is 23.6 Å². The molecule has 6 nitrogen and oxygen atoms in total. The normalized spacial score (nSPS) is 20.1. The lowest BCUT2D eigenvalue weighted by molar-refractivity contribution is 0.241. The van der Waals surface area contributed by atoms with Crippen LogP contribution in [0, 0.1) is 11.3 Å². The molecule has 0 spiro atoms. The molecule has 1 aromatic heterocycles. The summed E-state index contributed by atoms with van der Waals surface area (Å²) in [6.45, 7) is 5.18. The molecule has 0 amide bonds. The van der Waals surface area contributed by atoms with Crippen LogP contribution in [0.5, 0.6) is 0 Å². The van der Waals surface area contributed by atoms with Gasteiger partial charge in [0.15, 0.2) is 0 Å². The predicted molar refractivity (Wildman–Crippen MR) is 106 cm³/mol. The van der Waals surface area contributed by atoms with E-state index in [9.17, 15) is 0 Å². The van der Waals surface area contributed by atoms with Gasteiger partial charge in [0.1, 0.15) is 5.82 Å². The van der Waals surface area contributed by atoms with Crippen molar-refractivity contribution in [2.45, 2.75) is 32.0 Å². The Kier molecular flexibility index (Phi) is 5.53. The van der Waals surface area contributed by atoms with E-state index in [2.05, 4.69) is 55.4 Å². The fourth-order valence-electron chi connectivity index (χ4n) is 3.94. The van der Waals surface area contributed by atoms with Crippen molar-refractivity contribution in [2.24, 2.45) is 0 Å². The van der Waals surface area contributed by atoms with Crippen molar-refractivity contribution < 1.29 is 0 Å². The fraction of sp³-hybridized carbons (Fsp3) is 0.450. The number of fused-ring (bicyclic) bond motifs is 1. The van der Waals surface area contributed by atoms with Gasteiger partial charge in [0, 0.05) is 50.9 Å². The Morgan fingerprint density at radius 2 is 2.07 bits per heavy atom. The third-order valence-corrected chi connectivity index (χ3v) is 5.41. The van der Waals surface area contributed by atoms with E-state index in [-0.39, 0.29) is 6.04 Å². The van der Waals surface area contributed by atoms with E-state index < -0.39 is 0 Å². The third-order valence-electron chi connectivity index (χ3n) is 5.24. The largest absolute Gasteiger partial charge is 0.353 e. The number of piperazine rings is 1. The number of rotatable bonds is 4. The first-order valence-corrected chi connectivity index (χ1v) is 9.77. The standard InChI is InChI=1S/C20H23ClN6/c21-20-24-18-14-26(12-15-4-2-1-3-5-15)10-7-17(18)19(25-20)27-11-9-23-16(13-27)6-8-22/h1-5,16,23H,6-7,9-14H2. The predicted octanol–water partition coefficient (Wildman–Crippen LogP) is 2.38. The summed E-state index contributed by atoms with van der Waals surface area (Å²) in [6, 6.07) is 12.9. The molecule has 1 aromatic carbocycles. The molecule has 1 saturated heterocycles. The second-order valence-corrected chi connectivity index (χ2v) is 7.49. The Bertz CT molecular complexity index is 834. The number of nitriles is 1. The molecule has 4 rings (SSSR count). The zero-order valence-corrected chi connectivity index (χ0v) is 16.0. The van der Waals surface area contributed by atoms with Gasteiger partial charge in [0.05, 0.1) is 18.2 Å². The van der Waals surface area contributed by atoms with Gasteiger partial charge in [-0.1, -0.05) is 30.3 Å². The van der Waals surface area contributed by atoms with Crippen molar-refractivity contribution in [1.82, 2.24) is 20.2 Å². The molecule has 140 valence electrons. The highest BCUT2D eigenvalue weighted by atomic mass is 35.5. The second-order valence-electron chi connectivity index (χ2n) is 7.15. The van der Waals surface area contributed by atoms with Crippen molar-refractivity contribution in [3.05, 3.63) is 52.4 Å². The number of benzene rings is 1. The van der Waals surface area contributed by atoms with E-state index in [1.54, 1.807) is 0 Å². The molecule has 0 aliphatic carbocycles. The molecule has 2 aromatic rings. The zero-order valence-electron chi connectivity index (χ0n) is 15.2. The summed E-state index contributed by atoms with van der Waals surface area (Å²) in [7, 11) is 0. The summed E-state index contributed by atoms with van der Waals surface area (Å²) in [5, 5.41) is 12.7. The first-order chi connectivity index (χ1) is 13.2. The lowest BCUT2D eigenvalue weighted by Crippen LogP contribution is -2.51. The van der Waals surface area contributed by atoms with Crippen LogP contribution in [0.4, 0.5) is 5.82 Å².